The van der Waals surface area contributed by atoms with Gasteiger partial charge in [0.15, 0.2) is 0 Å². The minimum absolute atomic E-state index is 0.0255. The van der Waals surface area contributed by atoms with Crippen molar-refractivity contribution in [2.75, 3.05) is 11.5 Å². The van der Waals surface area contributed by atoms with Crippen molar-refractivity contribution >= 4 is 41.2 Å². The fraction of sp³-hybridized carbons (Fsp3) is 0. The van der Waals surface area contributed by atoms with Crippen LogP contribution in [0.15, 0.2) is 30.3 Å². The zero-order valence-electron chi connectivity index (χ0n) is 14.3. The van der Waals surface area contributed by atoms with Gasteiger partial charge in [0.1, 0.15) is 0 Å². The number of aromatic carboxylic acids is 5. The SMILES string of the molecule is Nc1cc(C(=O)O)ccc1C(=O)O.Nc1ccc(C(=O)O)c(C(=O)O)c1C(=O)O. The molecule has 0 heterocycles. The Labute approximate surface area is 161 Å². The Kier molecular flexibility index (Phi) is 6.85. The number of carboxylic acid groups (broad SMARTS) is 5. The van der Waals surface area contributed by atoms with E-state index in [1.54, 1.807) is 0 Å². The summed E-state index contributed by atoms with van der Waals surface area (Å²) in [5, 5.41) is 43.4. The number of carbonyl (C=O) groups is 5. The first-order chi connectivity index (χ1) is 13.4. The van der Waals surface area contributed by atoms with Gasteiger partial charge in [-0.2, -0.15) is 0 Å². The van der Waals surface area contributed by atoms with Gasteiger partial charge >= 0.3 is 29.8 Å². The molecule has 9 N–H and O–H groups in total. The number of carboxylic acids is 5. The largest absolute Gasteiger partial charge is 0.478 e. The summed E-state index contributed by atoms with van der Waals surface area (Å²) in [6, 6.07) is 5.47. The topological polar surface area (TPSA) is 239 Å². The van der Waals surface area contributed by atoms with Gasteiger partial charge in [0, 0.05) is 11.4 Å². The van der Waals surface area contributed by atoms with Crippen molar-refractivity contribution in [2.24, 2.45) is 0 Å². The molecule has 0 amide bonds. The van der Waals surface area contributed by atoms with Crippen LogP contribution in [0.4, 0.5) is 11.4 Å². The number of anilines is 2. The molecule has 0 spiro atoms. The van der Waals surface area contributed by atoms with Gasteiger partial charge < -0.3 is 37.0 Å². The summed E-state index contributed by atoms with van der Waals surface area (Å²) >= 11 is 0. The molecule has 0 saturated carbocycles. The molecule has 2 aromatic rings. The van der Waals surface area contributed by atoms with Gasteiger partial charge in [-0.1, -0.05) is 0 Å². The normalized spacial score (nSPS) is 9.66. The molecule has 0 atom stereocenters. The summed E-state index contributed by atoms with van der Waals surface area (Å²) in [7, 11) is 0. The first kappa shape index (κ1) is 22.4. The zero-order chi connectivity index (χ0) is 22.5. The van der Waals surface area contributed by atoms with E-state index in [1.165, 1.54) is 12.1 Å². The standard InChI is InChI=1S/C9H7NO6.C8H7NO4/c10-4-2-1-3(7(11)12)5(8(13)14)6(4)9(15)16;9-6-3-4(7(10)11)1-2-5(6)8(12)13/h1-2H,10H2,(H,11,12)(H,13,14)(H,15,16);1-3H,9H2,(H,10,11)(H,12,13). The van der Waals surface area contributed by atoms with Crippen molar-refractivity contribution in [3.63, 3.8) is 0 Å². The van der Waals surface area contributed by atoms with Crippen LogP contribution in [0.1, 0.15) is 51.8 Å². The van der Waals surface area contributed by atoms with Gasteiger partial charge in [-0.25, -0.2) is 24.0 Å². The van der Waals surface area contributed by atoms with Gasteiger partial charge in [-0.05, 0) is 30.3 Å². The van der Waals surface area contributed by atoms with Crippen LogP contribution in [0, 0.1) is 0 Å². The Hall–Kier alpha value is -4.61. The second-order valence-corrected chi connectivity index (χ2v) is 5.28. The summed E-state index contributed by atoms with van der Waals surface area (Å²) in [4.78, 5) is 53.2. The maximum Gasteiger partial charge on any atom is 0.338 e. The van der Waals surface area contributed by atoms with Crippen LogP contribution in [0.3, 0.4) is 0 Å². The maximum absolute atomic E-state index is 10.8. The van der Waals surface area contributed by atoms with Crippen molar-refractivity contribution in [2.45, 2.75) is 0 Å². The first-order valence-corrected chi connectivity index (χ1v) is 7.36. The van der Waals surface area contributed by atoms with E-state index in [-0.39, 0.29) is 22.5 Å². The summed E-state index contributed by atoms with van der Waals surface area (Å²) in [5.41, 5.74) is 8.00. The van der Waals surface area contributed by atoms with Crippen molar-refractivity contribution in [1.82, 2.24) is 0 Å². The second kappa shape index (κ2) is 8.85. The van der Waals surface area contributed by atoms with E-state index in [0.717, 1.165) is 18.2 Å². The lowest BCUT2D eigenvalue weighted by atomic mass is 9.99. The summed E-state index contributed by atoms with van der Waals surface area (Å²) < 4.78 is 0. The molecular weight excluding hydrogens is 392 g/mol. The third-order valence-electron chi connectivity index (χ3n) is 3.42. The monoisotopic (exact) mass is 406 g/mol. The lowest BCUT2D eigenvalue weighted by Gasteiger charge is -2.07. The predicted molar refractivity (Wildman–Crippen MR) is 96.5 cm³/mol. The van der Waals surface area contributed by atoms with Crippen molar-refractivity contribution in [3.05, 3.63) is 58.1 Å². The van der Waals surface area contributed by atoms with E-state index < -0.39 is 46.5 Å². The van der Waals surface area contributed by atoms with Gasteiger partial charge in [0.05, 0.1) is 27.8 Å². The molecule has 12 heteroatoms. The van der Waals surface area contributed by atoms with E-state index in [0.29, 0.717) is 0 Å². The molecule has 0 bridgehead atoms. The van der Waals surface area contributed by atoms with Gasteiger partial charge in [0.25, 0.3) is 0 Å². The molecule has 0 aliphatic rings. The van der Waals surface area contributed by atoms with Crippen LogP contribution in [-0.2, 0) is 0 Å². The summed E-state index contributed by atoms with van der Waals surface area (Å²) in [5.74, 6) is -7.07. The van der Waals surface area contributed by atoms with Crippen LogP contribution >= 0.6 is 0 Å². The van der Waals surface area contributed by atoms with Gasteiger partial charge in [0.2, 0.25) is 0 Å². The third kappa shape index (κ3) is 5.19. The van der Waals surface area contributed by atoms with Crippen LogP contribution in [0.5, 0.6) is 0 Å². The van der Waals surface area contributed by atoms with Crippen LogP contribution in [-0.4, -0.2) is 55.4 Å². The van der Waals surface area contributed by atoms with Gasteiger partial charge in [-0.15, -0.1) is 0 Å². The molecule has 0 radical (unpaired) electrons. The molecule has 29 heavy (non-hydrogen) atoms. The van der Waals surface area contributed by atoms with Crippen molar-refractivity contribution in [1.29, 1.82) is 0 Å². The van der Waals surface area contributed by atoms with Crippen LogP contribution in [0.25, 0.3) is 0 Å². The van der Waals surface area contributed by atoms with Crippen molar-refractivity contribution < 1.29 is 49.5 Å². The van der Waals surface area contributed by atoms with Crippen LogP contribution < -0.4 is 11.5 Å². The molecule has 0 unspecified atom stereocenters. The van der Waals surface area contributed by atoms with E-state index in [9.17, 15) is 24.0 Å². The molecule has 2 rings (SSSR count). The number of benzene rings is 2. The lowest BCUT2D eigenvalue weighted by Crippen LogP contribution is -2.16. The average Bonchev–Trinajstić information content (AvgIpc) is 2.60. The molecule has 0 saturated heterocycles. The molecule has 0 fully saturated rings. The highest BCUT2D eigenvalue weighted by Crippen LogP contribution is 2.22. The Morgan fingerprint density at radius 3 is 1.41 bits per heavy atom. The fourth-order valence-corrected chi connectivity index (χ4v) is 2.14. The maximum atomic E-state index is 10.8. The summed E-state index contributed by atoms with van der Waals surface area (Å²) in [6.07, 6.45) is 0. The summed E-state index contributed by atoms with van der Waals surface area (Å²) in [6.45, 7) is 0. The average molecular weight is 406 g/mol. The molecule has 0 aliphatic heterocycles. The first-order valence-electron chi connectivity index (χ1n) is 7.36. The quantitative estimate of drug-likeness (QED) is 0.344. The van der Waals surface area contributed by atoms with E-state index in [1.807, 2.05) is 0 Å². The number of hydrogen-bond acceptors (Lipinski definition) is 7. The number of nitrogens with two attached hydrogens (primary N) is 2. The zero-order valence-corrected chi connectivity index (χ0v) is 14.3. The van der Waals surface area contributed by atoms with Crippen molar-refractivity contribution in [3.8, 4) is 0 Å². The molecule has 152 valence electrons. The minimum atomic E-state index is -1.65. The Morgan fingerprint density at radius 2 is 1.03 bits per heavy atom. The molecular formula is C17H14N2O10. The molecule has 12 nitrogen and oxygen atoms in total. The Morgan fingerprint density at radius 1 is 0.552 bits per heavy atom. The number of rotatable bonds is 5. The third-order valence-corrected chi connectivity index (χ3v) is 3.42. The van der Waals surface area contributed by atoms with E-state index >= 15 is 0 Å². The lowest BCUT2D eigenvalue weighted by molar-refractivity contribution is 0.0633. The second-order valence-electron chi connectivity index (χ2n) is 5.28. The highest BCUT2D eigenvalue weighted by molar-refractivity contribution is 6.11. The number of nitrogen functional groups attached to an aromatic ring is 2. The molecule has 0 aliphatic carbocycles. The molecule has 0 aromatic heterocycles. The highest BCUT2D eigenvalue weighted by atomic mass is 16.4. The fourth-order valence-electron chi connectivity index (χ4n) is 2.14. The number of hydrogen-bond donors (Lipinski definition) is 7. The highest BCUT2D eigenvalue weighted by Gasteiger charge is 2.25. The van der Waals surface area contributed by atoms with Crippen LogP contribution in [0.2, 0.25) is 0 Å². The van der Waals surface area contributed by atoms with E-state index in [4.69, 9.17) is 37.0 Å². The minimum Gasteiger partial charge on any atom is -0.478 e. The van der Waals surface area contributed by atoms with E-state index in [2.05, 4.69) is 0 Å². The smallest absolute Gasteiger partial charge is 0.338 e. The Balaban J connectivity index is 0.000000296. The predicted octanol–water partition coefficient (Wildman–Crippen LogP) is 1.03. The molecule has 2 aromatic carbocycles. The Bertz CT molecular complexity index is 1030. The van der Waals surface area contributed by atoms with Gasteiger partial charge in [-0.3, -0.25) is 0 Å².